The van der Waals surface area contributed by atoms with Crippen molar-refractivity contribution >= 4 is 23.1 Å². The molecule has 0 radical (unpaired) electrons. The van der Waals surface area contributed by atoms with E-state index in [0.29, 0.717) is 24.1 Å². The predicted molar refractivity (Wildman–Crippen MR) is 99.4 cm³/mol. The lowest BCUT2D eigenvalue weighted by Crippen LogP contribution is -2.16. The van der Waals surface area contributed by atoms with Gasteiger partial charge in [0, 0.05) is 0 Å². The third-order valence-corrected chi connectivity index (χ3v) is 3.75. The highest BCUT2D eigenvalue weighted by molar-refractivity contribution is 6.04. The van der Waals surface area contributed by atoms with Crippen LogP contribution < -0.4 is 15.4 Å². The van der Waals surface area contributed by atoms with Crippen molar-refractivity contribution in [1.82, 2.24) is 4.98 Å². The molecule has 8 heteroatoms. The van der Waals surface area contributed by atoms with Gasteiger partial charge in [0.25, 0.3) is 5.91 Å². The second-order valence-electron chi connectivity index (χ2n) is 5.66. The summed E-state index contributed by atoms with van der Waals surface area (Å²) in [6.07, 6.45) is 1.46. The number of anilines is 3. The second kappa shape index (κ2) is 8.43. The molecule has 0 bridgehead atoms. The lowest BCUT2D eigenvalue weighted by atomic mass is 10.2. The molecule has 5 nitrogen and oxygen atoms in total. The molecule has 1 heterocycles. The van der Waals surface area contributed by atoms with Crippen molar-refractivity contribution in [2.75, 3.05) is 17.2 Å². The monoisotopic (exact) mass is 387 g/mol. The van der Waals surface area contributed by atoms with Crippen LogP contribution in [0, 0.1) is 17.5 Å². The Morgan fingerprint density at radius 3 is 2.54 bits per heavy atom. The van der Waals surface area contributed by atoms with Crippen LogP contribution in [0.4, 0.5) is 30.4 Å². The van der Waals surface area contributed by atoms with Crippen molar-refractivity contribution in [3.63, 3.8) is 0 Å². The fourth-order valence-corrected chi connectivity index (χ4v) is 2.43. The summed E-state index contributed by atoms with van der Waals surface area (Å²) >= 11 is 0. The number of aromatic nitrogens is 1. The Balaban J connectivity index is 1.71. The predicted octanol–water partition coefficient (Wildman–Crippen LogP) is 4.89. The number of amides is 1. The van der Waals surface area contributed by atoms with Crippen LogP contribution in [-0.2, 0) is 0 Å². The number of nitrogens with zero attached hydrogens (tertiary/aromatic N) is 1. The molecule has 0 fully saturated rings. The van der Waals surface area contributed by atoms with E-state index in [1.165, 1.54) is 12.3 Å². The molecule has 3 aromatic rings. The van der Waals surface area contributed by atoms with Gasteiger partial charge >= 0.3 is 0 Å². The highest BCUT2D eigenvalue weighted by Gasteiger charge is 2.19. The molecule has 0 aliphatic rings. The lowest BCUT2D eigenvalue weighted by molar-refractivity contribution is 0.102. The van der Waals surface area contributed by atoms with Gasteiger partial charge in [0.1, 0.15) is 11.6 Å². The molecule has 28 heavy (non-hydrogen) atoms. The van der Waals surface area contributed by atoms with Gasteiger partial charge in [-0.15, -0.1) is 0 Å². The SMILES string of the molecule is CCOc1ccccc1Nc1ccc(NC(=O)c2ccc(F)c(F)c2F)nc1. The van der Waals surface area contributed by atoms with E-state index >= 15 is 0 Å². The Bertz CT molecular complexity index is 994. The standard InChI is InChI=1S/C20H16F3N3O2/c1-2-28-16-6-4-3-5-15(16)25-12-7-10-17(24-11-12)26-20(27)13-8-9-14(21)19(23)18(13)22/h3-11,25H,2H2,1H3,(H,24,26,27). The number of pyridine rings is 1. The molecule has 0 aliphatic heterocycles. The Kier molecular flexibility index (Phi) is 5.78. The van der Waals surface area contributed by atoms with Gasteiger partial charge in [-0.2, -0.15) is 0 Å². The number of carbonyl (C=O) groups excluding carboxylic acids is 1. The molecule has 0 spiro atoms. The molecule has 3 rings (SSSR count). The van der Waals surface area contributed by atoms with E-state index in [4.69, 9.17) is 4.74 Å². The number of halogens is 3. The third-order valence-electron chi connectivity index (χ3n) is 3.75. The van der Waals surface area contributed by atoms with Crippen molar-refractivity contribution in [1.29, 1.82) is 0 Å². The number of rotatable bonds is 6. The van der Waals surface area contributed by atoms with Crippen LogP contribution in [-0.4, -0.2) is 17.5 Å². The number of carbonyl (C=O) groups is 1. The van der Waals surface area contributed by atoms with E-state index in [9.17, 15) is 18.0 Å². The van der Waals surface area contributed by atoms with Gasteiger partial charge < -0.3 is 15.4 Å². The quantitative estimate of drug-likeness (QED) is 0.591. The Labute approximate surface area is 159 Å². The fourth-order valence-electron chi connectivity index (χ4n) is 2.43. The van der Waals surface area contributed by atoms with Crippen molar-refractivity contribution in [2.45, 2.75) is 6.92 Å². The topological polar surface area (TPSA) is 63.2 Å². The largest absolute Gasteiger partial charge is 0.492 e. The minimum atomic E-state index is -1.70. The summed E-state index contributed by atoms with van der Waals surface area (Å²) in [6.45, 7) is 2.40. The molecule has 144 valence electrons. The fraction of sp³-hybridized carbons (Fsp3) is 0.100. The zero-order valence-electron chi connectivity index (χ0n) is 14.8. The summed E-state index contributed by atoms with van der Waals surface area (Å²) in [6, 6.07) is 12.0. The second-order valence-corrected chi connectivity index (χ2v) is 5.66. The van der Waals surface area contributed by atoms with Crippen LogP contribution in [0.3, 0.4) is 0 Å². The third kappa shape index (κ3) is 4.22. The van der Waals surface area contributed by atoms with Crippen LogP contribution in [0.5, 0.6) is 5.75 Å². The number of benzene rings is 2. The van der Waals surface area contributed by atoms with Gasteiger partial charge in [-0.05, 0) is 43.3 Å². The summed E-state index contributed by atoms with van der Waals surface area (Å²) in [5.41, 5.74) is 0.754. The van der Waals surface area contributed by atoms with E-state index in [1.807, 2.05) is 31.2 Å². The molecular formula is C20H16F3N3O2. The highest BCUT2D eigenvalue weighted by Crippen LogP contribution is 2.27. The van der Waals surface area contributed by atoms with E-state index < -0.39 is 28.9 Å². The average molecular weight is 387 g/mol. The van der Waals surface area contributed by atoms with Crippen LogP contribution in [0.15, 0.2) is 54.7 Å². The first-order valence-corrected chi connectivity index (χ1v) is 8.39. The first-order chi connectivity index (χ1) is 13.5. The Hall–Kier alpha value is -3.55. The number of ether oxygens (including phenoxy) is 1. The molecular weight excluding hydrogens is 371 g/mol. The van der Waals surface area contributed by atoms with Crippen molar-refractivity contribution < 1.29 is 22.7 Å². The molecule has 0 saturated carbocycles. The van der Waals surface area contributed by atoms with Crippen LogP contribution in [0.25, 0.3) is 0 Å². The summed E-state index contributed by atoms with van der Waals surface area (Å²) in [4.78, 5) is 16.1. The van der Waals surface area contributed by atoms with Gasteiger partial charge in [-0.3, -0.25) is 4.79 Å². The van der Waals surface area contributed by atoms with Gasteiger partial charge in [0.2, 0.25) is 0 Å². The van der Waals surface area contributed by atoms with Crippen LogP contribution >= 0.6 is 0 Å². The normalized spacial score (nSPS) is 10.4. The van der Waals surface area contributed by atoms with Gasteiger partial charge in [0.15, 0.2) is 17.5 Å². The van der Waals surface area contributed by atoms with E-state index in [2.05, 4.69) is 15.6 Å². The van der Waals surface area contributed by atoms with Crippen molar-refractivity contribution in [3.8, 4) is 5.75 Å². The zero-order valence-corrected chi connectivity index (χ0v) is 14.8. The number of hydrogen-bond donors (Lipinski definition) is 2. The number of para-hydroxylation sites is 2. The zero-order chi connectivity index (χ0) is 20.1. The Morgan fingerprint density at radius 1 is 1.04 bits per heavy atom. The smallest absolute Gasteiger partial charge is 0.259 e. The van der Waals surface area contributed by atoms with Crippen molar-refractivity contribution in [2.24, 2.45) is 0 Å². The molecule has 0 saturated heterocycles. The maximum Gasteiger partial charge on any atom is 0.259 e. The number of hydrogen-bond acceptors (Lipinski definition) is 4. The Morgan fingerprint density at radius 2 is 1.82 bits per heavy atom. The minimum Gasteiger partial charge on any atom is -0.492 e. The van der Waals surface area contributed by atoms with Crippen molar-refractivity contribution in [3.05, 3.63) is 77.7 Å². The molecule has 0 unspecified atom stereocenters. The lowest BCUT2D eigenvalue weighted by Gasteiger charge is -2.12. The molecule has 1 aromatic heterocycles. The average Bonchev–Trinajstić information content (AvgIpc) is 2.69. The minimum absolute atomic E-state index is 0.123. The number of nitrogens with one attached hydrogen (secondary N) is 2. The molecule has 2 aromatic carbocycles. The van der Waals surface area contributed by atoms with E-state index in [1.54, 1.807) is 6.07 Å². The van der Waals surface area contributed by atoms with Gasteiger partial charge in [-0.25, -0.2) is 18.2 Å². The molecule has 2 N–H and O–H groups in total. The first kappa shape index (κ1) is 19.2. The van der Waals surface area contributed by atoms with Crippen LogP contribution in [0.2, 0.25) is 0 Å². The molecule has 0 aliphatic carbocycles. The summed E-state index contributed by atoms with van der Waals surface area (Å²) in [7, 11) is 0. The van der Waals surface area contributed by atoms with Gasteiger partial charge in [0.05, 0.1) is 29.7 Å². The van der Waals surface area contributed by atoms with E-state index in [-0.39, 0.29) is 5.82 Å². The molecule has 0 atom stereocenters. The van der Waals surface area contributed by atoms with Crippen LogP contribution in [0.1, 0.15) is 17.3 Å². The van der Waals surface area contributed by atoms with Gasteiger partial charge in [-0.1, -0.05) is 12.1 Å². The summed E-state index contributed by atoms with van der Waals surface area (Å²) < 4.78 is 45.5. The maximum absolute atomic E-state index is 13.7. The molecule has 1 amide bonds. The maximum atomic E-state index is 13.7. The van der Waals surface area contributed by atoms with E-state index in [0.717, 1.165) is 11.8 Å². The highest BCUT2D eigenvalue weighted by atomic mass is 19.2. The summed E-state index contributed by atoms with van der Waals surface area (Å²) in [5, 5.41) is 5.48. The summed E-state index contributed by atoms with van der Waals surface area (Å²) in [5.74, 6) is -4.76. The first-order valence-electron chi connectivity index (χ1n) is 8.39.